The number of methoxy groups -OCH3 is 2. The molecule has 4 aromatic carbocycles. The van der Waals surface area contributed by atoms with E-state index in [9.17, 15) is 55.3 Å². The summed E-state index contributed by atoms with van der Waals surface area (Å²) in [6, 6.07) is 13.1. The lowest BCUT2D eigenvalue weighted by Gasteiger charge is -2.47. The predicted molar refractivity (Wildman–Crippen MR) is 383 cm³/mol. The third-order valence-corrected chi connectivity index (χ3v) is 21.4. The van der Waals surface area contributed by atoms with Crippen molar-refractivity contribution in [2.75, 3.05) is 57.3 Å². The number of aromatic nitrogens is 4. The summed E-state index contributed by atoms with van der Waals surface area (Å²) < 4.78 is 226. The molecule has 0 spiro atoms. The number of esters is 2. The van der Waals surface area contributed by atoms with Crippen LogP contribution >= 0.6 is 7.82 Å². The predicted octanol–water partition coefficient (Wildman–Crippen LogP) is 10.7. The fourth-order valence-electron chi connectivity index (χ4n) is 13.9. The molecule has 5 heterocycles. The number of nitrogens with zero attached hydrogens (tertiary/aromatic N) is 7. The summed E-state index contributed by atoms with van der Waals surface area (Å²) in [5.74, 6) is -8.65. The van der Waals surface area contributed by atoms with Crippen LogP contribution in [-0.2, 0) is 82.4 Å². The Balaban J connectivity index is 1.17. The summed E-state index contributed by atoms with van der Waals surface area (Å²) in [7, 11) is -8.88. The molecule has 2 aromatic heterocycles. The van der Waals surface area contributed by atoms with E-state index in [-0.39, 0.29) is 32.6 Å². The third kappa shape index (κ3) is 21.8. The number of piperazine rings is 1. The van der Waals surface area contributed by atoms with E-state index in [2.05, 4.69) is 56.9 Å². The van der Waals surface area contributed by atoms with Gasteiger partial charge in [-0.15, -0.1) is 0 Å². The molecule has 39 heteroatoms. The number of hydrogen-bond acceptors (Lipinski definition) is 20. The van der Waals surface area contributed by atoms with Crippen LogP contribution in [0, 0.1) is 53.1 Å². The summed E-state index contributed by atoms with van der Waals surface area (Å²) in [4.78, 5) is 119. The second-order valence-electron chi connectivity index (χ2n) is 29.6. The van der Waals surface area contributed by atoms with Crippen molar-refractivity contribution in [3.8, 4) is 28.8 Å². The smallest absolute Gasteiger partial charge is 0.469 e. The van der Waals surface area contributed by atoms with Crippen LogP contribution in [0.4, 0.5) is 60.3 Å². The third-order valence-electron chi connectivity index (χ3n) is 20.2. The number of hydrogen-bond donors (Lipinski definition) is 6. The van der Waals surface area contributed by atoms with Gasteiger partial charge < -0.3 is 39.0 Å². The largest absolute Gasteiger partial charge is 0.524 e. The quantitative estimate of drug-likeness (QED) is 0.00448. The number of aryl methyl sites for hydroxylation is 1. The Morgan fingerprint density at radius 2 is 1.41 bits per heavy atom. The van der Waals surface area contributed by atoms with Gasteiger partial charge in [0.15, 0.2) is 5.78 Å². The first kappa shape index (κ1) is 87.4. The molecular weight excluding hydrogens is 1550 g/mol. The van der Waals surface area contributed by atoms with E-state index in [0.29, 0.717) is 106 Å². The lowest BCUT2D eigenvalue weighted by molar-refractivity contribution is -0.231. The van der Waals surface area contributed by atoms with Crippen molar-refractivity contribution in [3.63, 3.8) is 0 Å². The van der Waals surface area contributed by atoms with Gasteiger partial charge in [0.05, 0.1) is 92.2 Å². The number of rotatable bonds is 31. The summed E-state index contributed by atoms with van der Waals surface area (Å²) >= 11 is 0. The maximum Gasteiger partial charge on any atom is 0.524 e. The SMILES string of the molecule is COC(=O)C[C@H](C(=O)NN(Cc1c(F)cc(-c2ccn(C(F)F)n2)cc1F)C[C@H](OC(=O)CC(C)(C)c1c(CC(=O)Nc2cccc(S(=O)(=O)O)c2)cc(C)cc1OP(=O)(O)O)[C@@H](CC(=O)[C@@H](NC(=O)OC)C(C)(C)C(F)(F)F)Cc1ccc(C#Cc2cnc(N3CC4CCC(C3)N4C3COC3)nc2)cc1)C(C)(C)C(F)(F)F. The number of Topliss-reactive ketones (excluding diaryl/α,β-unsaturated/α-hetero) is 1. The van der Waals surface area contributed by atoms with E-state index in [4.69, 9.17) is 14.0 Å². The highest BCUT2D eigenvalue weighted by Gasteiger charge is 2.57. The minimum absolute atomic E-state index is 0.133. The molecule has 3 aliphatic heterocycles. The molecule has 612 valence electrons. The van der Waals surface area contributed by atoms with E-state index in [1.165, 1.54) is 75.6 Å². The second kappa shape index (κ2) is 35.0. The standard InChI is InChI=1S/C74H83F10N10O17PS/c1-41-23-47(29-61(96)87-48-11-10-12-52(30-48)113(104,105)106)64(59(24-41)111-112(101,102)103)70(2,3)32-63(98)110-60(38-92(90-66(99)54(31-62(97)107-8)71(4,5)73(79,80)81)37-53-55(75)26-45(27-56(53)76)57-21-22-93(89-57)67(77)78)46(28-58(95)65(88-69(100)108-9)72(6,7)74(82,83)84)25-43-16-13-42(14-17-43)15-18-44-33-85-68(86-34-44)91-35-49-19-20-50(36-91)94(49)51-39-109-40-51/h10-14,16-17,21-24,26-27,30,33-34,46,49-51,54,60,65,67H,19-20,25,28-29,31-32,35-40H2,1-9H3,(H,87,96)(H,88,100)(H,90,99)(H2,101,102,103)(H,104,105,106)/t46-,49?,50?,54-,60+,65-/m1/s1. The molecule has 9 rings (SSSR count). The first-order valence-corrected chi connectivity index (χ1v) is 38.1. The molecule has 0 aliphatic carbocycles. The van der Waals surface area contributed by atoms with Gasteiger partial charge in [-0.25, -0.2) is 37.8 Å². The Morgan fingerprint density at radius 1 is 0.788 bits per heavy atom. The Kier molecular flexibility index (Phi) is 27.1. The Morgan fingerprint density at radius 3 is 1.96 bits per heavy atom. The van der Waals surface area contributed by atoms with Crippen molar-refractivity contribution in [1.82, 2.24) is 40.4 Å². The number of ketones is 1. The number of alkyl carbamates (subject to hydrolysis) is 1. The fraction of sp³-hybridized carbons (Fsp3) is 0.473. The van der Waals surface area contributed by atoms with Gasteiger partial charge in [0, 0.05) is 96.0 Å². The summed E-state index contributed by atoms with van der Waals surface area (Å²) in [6.45, 7) is 3.04. The van der Waals surface area contributed by atoms with Crippen molar-refractivity contribution in [1.29, 1.82) is 0 Å². The molecule has 3 amide bonds. The number of phosphoric acid groups is 1. The maximum absolute atomic E-state index is 16.9. The van der Waals surface area contributed by atoms with Crippen LogP contribution in [0.3, 0.4) is 0 Å². The van der Waals surface area contributed by atoms with Crippen LogP contribution < -0.4 is 25.5 Å². The van der Waals surface area contributed by atoms with E-state index >= 15 is 44.7 Å². The van der Waals surface area contributed by atoms with E-state index < -0.39 is 197 Å². The minimum atomic E-state index is -5.61. The zero-order valence-electron chi connectivity index (χ0n) is 62.4. The van der Waals surface area contributed by atoms with Crippen LogP contribution in [0.15, 0.2) is 102 Å². The van der Waals surface area contributed by atoms with Gasteiger partial charge >= 0.3 is 44.8 Å². The van der Waals surface area contributed by atoms with Crippen LogP contribution in [-0.4, -0.2) is 178 Å². The highest BCUT2D eigenvalue weighted by molar-refractivity contribution is 7.85. The number of anilines is 2. The second-order valence-corrected chi connectivity index (χ2v) is 32.1. The van der Waals surface area contributed by atoms with Gasteiger partial charge in [-0.3, -0.25) is 48.6 Å². The fourth-order valence-corrected chi connectivity index (χ4v) is 14.9. The number of nitrogens with one attached hydrogen (secondary N) is 3. The average Bonchev–Trinajstić information content (AvgIpc) is 1.74. The molecular formula is C74H83F10N10O17PS. The van der Waals surface area contributed by atoms with E-state index in [1.54, 1.807) is 0 Å². The number of fused-ring (bicyclic) bond motifs is 2. The molecule has 2 bridgehead atoms. The van der Waals surface area contributed by atoms with Crippen LogP contribution in [0.2, 0.25) is 0 Å². The van der Waals surface area contributed by atoms with Gasteiger partial charge in [0.25, 0.3) is 10.1 Å². The van der Waals surface area contributed by atoms with Gasteiger partial charge in [-0.05, 0) is 111 Å². The number of phosphoric ester groups is 1. The molecule has 2 unspecified atom stereocenters. The topological polar surface area (TPSA) is 350 Å². The molecule has 27 nitrogen and oxygen atoms in total. The normalized spacial score (nSPS) is 16.9. The van der Waals surface area contributed by atoms with Gasteiger partial charge in [0.1, 0.15) is 29.5 Å². The molecule has 6 aromatic rings. The number of benzene rings is 4. The monoisotopic (exact) mass is 1640 g/mol. The van der Waals surface area contributed by atoms with Gasteiger partial charge in [-0.1, -0.05) is 63.8 Å². The zero-order chi connectivity index (χ0) is 83.3. The maximum atomic E-state index is 16.9. The minimum Gasteiger partial charge on any atom is -0.469 e. The van der Waals surface area contributed by atoms with Gasteiger partial charge in [-0.2, -0.15) is 48.6 Å². The summed E-state index contributed by atoms with van der Waals surface area (Å²) in [5.41, 5.74) is -7.74. The molecule has 6 N–H and O–H groups in total. The van der Waals surface area contributed by atoms with E-state index in [1.807, 2.05) is 5.32 Å². The average molecular weight is 1640 g/mol. The Bertz CT molecular complexity index is 4710. The number of carbonyl (C=O) groups is 6. The van der Waals surface area contributed by atoms with Crippen LogP contribution in [0.25, 0.3) is 11.3 Å². The van der Waals surface area contributed by atoms with Crippen molar-refractivity contribution < 1.29 is 123 Å². The number of ether oxygens (including phenoxy) is 4. The molecule has 3 aliphatic rings. The van der Waals surface area contributed by atoms with Crippen molar-refractivity contribution >= 4 is 65.2 Å². The molecule has 0 radical (unpaired) electrons. The molecule has 6 atom stereocenters. The van der Waals surface area contributed by atoms with Crippen molar-refractivity contribution in [2.24, 2.45) is 22.7 Å². The van der Waals surface area contributed by atoms with Gasteiger partial charge in [0.2, 0.25) is 17.8 Å². The van der Waals surface area contributed by atoms with E-state index in [0.717, 1.165) is 57.5 Å². The molecule has 113 heavy (non-hydrogen) atoms. The molecule has 3 saturated heterocycles. The van der Waals surface area contributed by atoms with Crippen molar-refractivity contribution in [2.45, 2.75) is 159 Å². The zero-order valence-corrected chi connectivity index (χ0v) is 64.1. The lowest BCUT2D eigenvalue weighted by Crippen LogP contribution is -2.62. The summed E-state index contributed by atoms with van der Waals surface area (Å²) in [5, 5.41) is 8.48. The number of alkyl halides is 8. The molecule has 3 fully saturated rings. The van der Waals surface area contributed by atoms with Crippen LogP contribution in [0.5, 0.6) is 5.75 Å². The number of halogens is 10. The lowest BCUT2D eigenvalue weighted by atomic mass is 9.75. The number of carbonyl (C=O) groups excluding carboxylic acids is 6. The number of hydrazine groups is 1. The Labute approximate surface area is 642 Å². The first-order valence-electron chi connectivity index (χ1n) is 35.1. The van der Waals surface area contributed by atoms with Crippen molar-refractivity contribution in [3.05, 3.63) is 148 Å². The molecule has 0 saturated carbocycles. The number of amides is 3. The highest BCUT2D eigenvalue weighted by Crippen LogP contribution is 2.48. The highest BCUT2D eigenvalue weighted by atomic mass is 32.2. The Hall–Kier alpha value is -9.61. The summed E-state index contributed by atoms with van der Waals surface area (Å²) in [6.07, 6.45) is -13.6. The first-order chi connectivity index (χ1) is 52.6. The van der Waals surface area contributed by atoms with Crippen LogP contribution in [0.1, 0.15) is 119 Å².